The van der Waals surface area contributed by atoms with Gasteiger partial charge in [0.15, 0.2) is 0 Å². The molecule has 33 heavy (non-hydrogen) atoms. The van der Waals surface area contributed by atoms with Crippen molar-refractivity contribution < 1.29 is 15.1 Å². The zero-order valence-corrected chi connectivity index (χ0v) is 18.5. The molecule has 0 aliphatic heterocycles. The van der Waals surface area contributed by atoms with Gasteiger partial charge >= 0.3 is 0 Å². The Balaban J connectivity index is 1.71. The average Bonchev–Trinajstić information content (AvgIpc) is 2.80. The molecule has 0 unspecified atom stereocenters. The number of hydrogen-bond donors (Lipinski definition) is 3. The third-order valence-electron chi connectivity index (χ3n) is 5.50. The fourth-order valence-corrected chi connectivity index (χ4v) is 3.70. The number of nitro groups is 1. The summed E-state index contributed by atoms with van der Waals surface area (Å²) in [4.78, 5) is 14.9. The highest BCUT2D eigenvalue weighted by atomic mass is 16.6. The molecule has 0 fully saturated rings. The molecule has 0 aliphatic carbocycles. The van der Waals surface area contributed by atoms with Crippen LogP contribution in [0, 0.1) is 10.1 Å². The van der Waals surface area contributed by atoms with Gasteiger partial charge in [0.1, 0.15) is 11.5 Å². The Kier molecular flexibility index (Phi) is 8.77. The van der Waals surface area contributed by atoms with Crippen LogP contribution in [0.2, 0.25) is 0 Å². The van der Waals surface area contributed by atoms with E-state index in [1.165, 1.54) is 12.1 Å². The second-order valence-corrected chi connectivity index (χ2v) is 7.96. The van der Waals surface area contributed by atoms with E-state index in [-0.39, 0.29) is 17.2 Å². The minimum Gasteiger partial charge on any atom is -0.508 e. The van der Waals surface area contributed by atoms with E-state index in [1.807, 2.05) is 24.3 Å². The molecule has 174 valence electrons. The topological polar surface area (TPSA) is 116 Å². The van der Waals surface area contributed by atoms with Crippen molar-refractivity contribution in [3.05, 3.63) is 99.6 Å². The molecule has 0 saturated carbocycles. The number of para-hydroxylation sites is 2. The fourth-order valence-electron chi connectivity index (χ4n) is 3.70. The van der Waals surface area contributed by atoms with Crippen LogP contribution < -0.4 is 5.73 Å². The minimum atomic E-state index is -0.405. The van der Waals surface area contributed by atoms with Gasteiger partial charge in [0.2, 0.25) is 0 Å². The maximum Gasteiger partial charge on any atom is 0.269 e. The summed E-state index contributed by atoms with van der Waals surface area (Å²) in [6, 6.07) is 21.0. The Bertz CT molecular complexity index is 995. The second kappa shape index (κ2) is 12.0. The third kappa shape index (κ3) is 7.28. The summed E-state index contributed by atoms with van der Waals surface area (Å²) in [6.07, 6.45) is 0. The van der Waals surface area contributed by atoms with Gasteiger partial charge in [-0.3, -0.25) is 19.9 Å². The van der Waals surface area contributed by atoms with Gasteiger partial charge in [-0.2, -0.15) is 0 Å². The molecule has 0 spiro atoms. The SMILES string of the molecule is NCCN(CCN(Cc1ccccc1O)Cc1ccccc1O)Cc1ccc([N+](=O)[O-])cc1. The first kappa shape index (κ1) is 24.2. The monoisotopic (exact) mass is 450 g/mol. The molecule has 4 N–H and O–H groups in total. The van der Waals surface area contributed by atoms with Crippen molar-refractivity contribution >= 4 is 5.69 Å². The van der Waals surface area contributed by atoms with Gasteiger partial charge in [-0.15, -0.1) is 0 Å². The van der Waals surface area contributed by atoms with E-state index >= 15 is 0 Å². The summed E-state index contributed by atoms with van der Waals surface area (Å²) < 4.78 is 0. The number of phenols is 2. The molecular weight excluding hydrogens is 420 g/mol. The van der Waals surface area contributed by atoms with Crippen LogP contribution in [0.4, 0.5) is 5.69 Å². The van der Waals surface area contributed by atoms with E-state index in [1.54, 1.807) is 36.4 Å². The molecule has 0 radical (unpaired) electrons. The van der Waals surface area contributed by atoms with E-state index in [0.29, 0.717) is 45.8 Å². The van der Waals surface area contributed by atoms with Gasteiger partial charge in [0.05, 0.1) is 4.92 Å². The summed E-state index contributed by atoms with van der Waals surface area (Å²) in [5, 5.41) is 31.4. The average molecular weight is 451 g/mol. The highest BCUT2D eigenvalue weighted by molar-refractivity contribution is 5.34. The van der Waals surface area contributed by atoms with Crippen LogP contribution in [0.15, 0.2) is 72.8 Å². The van der Waals surface area contributed by atoms with Crippen LogP contribution in [-0.2, 0) is 19.6 Å². The smallest absolute Gasteiger partial charge is 0.269 e. The lowest BCUT2D eigenvalue weighted by Gasteiger charge is -2.28. The normalized spacial score (nSPS) is 11.2. The van der Waals surface area contributed by atoms with Gasteiger partial charge in [-0.05, 0) is 17.7 Å². The number of hydrogen-bond acceptors (Lipinski definition) is 7. The summed E-state index contributed by atoms with van der Waals surface area (Å²) in [5.41, 5.74) is 8.50. The van der Waals surface area contributed by atoms with Crippen molar-refractivity contribution in [3.63, 3.8) is 0 Å². The van der Waals surface area contributed by atoms with Gasteiger partial charge in [-0.1, -0.05) is 48.5 Å². The Morgan fingerprint density at radius 3 is 1.73 bits per heavy atom. The lowest BCUT2D eigenvalue weighted by molar-refractivity contribution is -0.384. The van der Waals surface area contributed by atoms with Crippen molar-refractivity contribution in [3.8, 4) is 11.5 Å². The van der Waals surface area contributed by atoms with Gasteiger partial charge in [-0.25, -0.2) is 0 Å². The van der Waals surface area contributed by atoms with Crippen LogP contribution in [0.25, 0.3) is 0 Å². The Hall–Kier alpha value is -3.46. The van der Waals surface area contributed by atoms with Gasteiger partial charge in [0.25, 0.3) is 5.69 Å². The zero-order chi connectivity index (χ0) is 23.6. The van der Waals surface area contributed by atoms with Crippen molar-refractivity contribution in [2.24, 2.45) is 5.73 Å². The largest absolute Gasteiger partial charge is 0.508 e. The number of nitrogens with zero attached hydrogens (tertiary/aromatic N) is 3. The lowest BCUT2D eigenvalue weighted by atomic mass is 10.1. The molecule has 3 rings (SSSR count). The van der Waals surface area contributed by atoms with Crippen LogP contribution in [0.3, 0.4) is 0 Å². The Morgan fingerprint density at radius 2 is 1.24 bits per heavy atom. The number of nitrogens with two attached hydrogens (primary N) is 1. The number of aromatic hydroxyl groups is 2. The van der Waals surface area contributed by atoms with Crippen LogP contribution in [0.5, 0.6) is 11.5 Å². The summed E-state index contributed by atoms with van der Waals surface area (Å²) in [5.74, 6) is 0.481. The molecule has 3 aromatic rings. The predicted molar refractivity (Wildman–Crippen MR) is 128 cm³/mol. The Morgan fingerprint density at radius 1 is 0.727 bits per heavy atom. The van der Waals surface area contributed by atoms with E-state index in [2.05, 4.69) is 9.80 Å². The molecule has 0 atom stereocenters. The fraction of sp³-hybridized carbons (Fsp3) is 0.280. The van der Waals surface area contributed by atoms with Crippen molar-refractivity contribution in [2.75, 3.05) is 26.2 Å². The predicted octanol–water partition coefficient (Wildman–Crippen LogP) is 3.47. The van der Waals surface area contributed by atoms with Crippen molar-refractivity contribution in [1.82, 2.24) is 9.80 Å². The quantitative estimate of drug-likeness (QED) is 0.286. The highest BCUT2D eigenvalue weighted by Gasteiger charge is 2.15. The molecule has 0 bridgehead atoms. The van der Waals surface area contributed by atoms with E-state index in [0.717, 1.165) is 16.7 Å². The van der Waals surface area contributed by atoms with Crippen LogP contribution in [-0.4, -0.2) is 51.1 Å². The molecule has 0 heterocycles. The molecule has 0 aliphatic rings. The number of non-ortho nitro benzene ring substituents is 1. The molecule has 8 nitrogen and oxygen atoms in total. The first-order valence-electron chi connectivity index (χ1n) is 10.9. The second-order valence-electron chi connectivity index (χ2n) is 7.96. The standard InChI is InChI=1S/C25H30N4O4/c26-13-14-27(17-20-9-11-23(12-10-20)29(32)33)15-16-28(18-21-5-1-3-7-24(21)30)19-22-6-2-4-8-25(22)31/h1-12,30-31H,13-19,26H2. The maximum atomic E-state index is 10.9. The van der Waals surface area contributed by atoms with Crippen molar-refractivity contribution in [2.45, 2.75) is 19.6 Å². The van der Waals surface area contributed by atoms with Crippen LogP contribution in [0.1, 0.15) is 16.7 Å². The molecule has 0 saturated heterocycles. The summed E-state index contributed by atoms with van der Waals surface area (Å²) >= 11 is 0. The van der Waals surface area contributed by atoms with Gasteiger partial charge < -0.3 is 15.9 Å². The molecule has 0 aromatic heterocycles. The molecule has 3 aromatic carbocycles. The van der Waals surface area contributed by atoms with Crippen molar-refractivity contribution in [1.29, 1.82) is 0 Å². The Labute approximate surface area is 193 Å². The molecule has 0 amide bonds. The van der Waals surface area contributed by atoms with Gasteiger partial charge in [0, 0.05) is 69.1 Å². The minimum absolute atomic E-state index is 0.0700. The number of nitro benzene ring substituents is 1. The number of rotatable bonds is 12. The number of benzene rings is 3. The summed E-state index contributed by atoms with van der Waals surface area (Å²) in [6.45, 7) is 4.22. The molecule has 8 heteroatoms. The third-order valence-corrected chi connectivity index (χ3v) is 5.50. The molecular formula is C25H30N4O4. The first-order valence-corrected chi connectivity index (χ1v) is 10.9. The van der Waals surface area contributed by atoms with E-state index < -0.39 is 4.92 Å². The van der Waals surface area contributed by atoms with Crippen LogP contribution >= 0.6 is 0 Å². The zero-order valence-electron chi connectivity index (χ0n) is 18.5. The summed E-state index contributed by atoms with van der Waals surface area (Å²) in [7, 11) is 0. The van der Waals surface area contributed by atoms with E-state index in [9.17, 15) is 20.3 Å². The maximum absolute atomic E-state index is 10.9. The van der Waals surface area contributed by atoms with E-state index in [4.69, 9.17) is 5.73 Å². The highest BCUT2D eigenvalue weighted by Crippen LogP contribution is 2.22. The first-order chi connectivity index (χ1) is 16.0. The number of phenolic OH excluding ortho intramolecular Hbond substituents is 2. The lowest BCUT2D eigenvalue weighted by Crippen LogP contribution is -2.37.